The molecule has 1 aliphatic carbocycles. The van der Waals surface area contributed by atoms with E-state index < -0.39 is 5.60 Å². The van der Waals surface area contributed by atoms with Crippen LogP contribution in [0.4, 0.5) is 0 Å². The van der Waals surface area contributed by atoms with Crippen LogP contribution in [-0.4, -0.2) is 12.2 Å². The van der Waals surface area contributed by atoms with Crippen LogP contribution in [0.1, 0.15) is 48.8 Å². The number of aryl methyl sites for hydroxylation is 2. The van der Waals surface area contributed by atoms with Crippen molar-refractivity contribution in [3.05, 3.63) is 28.8 Å². The van der Waals surface area contributed by atoms with Gasteiger partial charge in [-0.2, -0.15) is 0 Å². The van der Waals surface area contributed by atoms with Gasteiger partial charge in [-0.25, -0.2) is 0 Å². The number of ether oxygens (including phenoxy) is 1. The first kappa shape index (κ1) is 12.4. The molecule has 2 nitrogen and oxygen atoms in total. The van der Waals surface area contributed by atoms with Crippen LogP contribution in [0.2, 0.25) is 0 Å². The second-order valence-electron chi connectivity index (χ2n) is 5.25. The predicted octanol–water partition coefficient (Wildman–Crippen LogP) is 3.46. The topological polar surface area (TPSA) is 29.5 Å². The lowest BCUT2D eigenvalue weighted by Crippen LogP contribution is -2.30. The van der Waals surface area contributed by atoms with Crippen molar-refractivity contribution in [1.29, 1.82) is 0 Å². The molecule has 0 heterocycles. The number of rotatable bonds is 2. The summed E-state index contributed by atoms with van der Waals surface area (Å²) in [7, 11) is 1.68. The van der Waals surface area contributed by atoms with Crippen LogP contribution >= 0.6 is 0 Å². The normalized spacial score (nSPS) is 19.1. The number of benzene rings is 1. The first-order valence-corrected chi connectivity index (χ1v) is 6.45. The minimum atomic E-state index is -0.679. The summed E-state index contributed by atoms with van der Waals surface area (Å²) in [6.45, 7) is 4.13. The van der Waals surface area contributed by atoms with E-state index in [1.807, 2.05) is 6.07 Å². The minimum Gasteiger partial charge on any atom is -0.496 e. The fourth-order valence-electron chi connectivity index (χ4n) is 3.07. The highest BCUT2D eigenvalue weighted by molar-refractivity contribution is 5.46. The largest absolute Gasteiger partial charge is 0.496 e. The third kappa shape index (κ3) is 2.32. The van der Waals surface area contributed by atoms with E-state index in [4.69, 9.17) is 4.74 Å². The van der Waals surface area contributed by atoms with E-state index in [0.29, 0.717) is 0 Å². The summed E-state index contributed by atoms with van der Waals surface area (Å²) in [5.41, 5.74) is 2.65. The summed E-state index contributed by atoms with van der Waals surface area (Å²) in [6, 6.07) is 4.15. The molecule has 17 heavy (non-hydrogen) atoms. The van der Waals surface area contributed by atoms with E-state index in [9.17, 15) is 5.11 Å². The number of methoxy groups -OCH3 is 1. The number of hydrogen-bond donors (Lipinski definition) is 1. The highest BCUT2D eigenvalue weighted by atomic mass is 16.5. The molecule has 2 rings (SSSR count). The van der Waals surface area contributed by atoms with Crippen LogP contribution in [0, 0.1) is 13.8 Å². The minimum absolute atomic E-state index is 0.679. The SMILES string of the molecule is COc1cc(C)cc(C)c1C1(O)CCCCC1. The molecule has 94 valence electrons. The van der Waals surface area contributed by atoms with Crippen LogP contribution in [0.3, 0.4) is 0 Å². The molecule has 0 unspecified atom stereocenters. The molecule has 0 aromatic heterocycles. The Labute approximate surface area is 104 Å². The van der Waals surface area contributed by atoms with Gasteiger partial charge in [-0.3, -0.25) is 0 Å². The highest BCUT2D eigenvalue weighted by Crippen LogP contribution is 2.43. The monoisotopic (exact) mass is 234 g/mol. The predicted molar refractivity (Wildman–Crippen MR) is 69.4 cm³/mol. The van der Waals surface area contributed by atoms with Gasteiger partial charge in [0.1, 0.15) is 5.75 Å². The Morgan fingerprint density at radius 1 is 1.12 bits per heavy atom. The van der Waals surface area contributed by atoms with E-state index in [1.165, 1.54) is 12.0 Å². The second-order valence-corrected chi connectivity index (χ2v) is 5.25. The molecule has 0 radical (unpaired) electrons. The van der Waals surface area contributed by atoms with Crippen molar-refractivity contribution in [2.24, 2.45) is 0 Å². The van der Waals surface area contributed by atoms with Crippen molar-refractivity contribution >= 4 is 0 Å². The standard InChI is InChI=1S/C15H22O2/c1-11-9-12(2)14(13(10-11)17-3)15(16)7-5-4-6-8-15/h9-10,16H,4-8H2,1-3H3. The van der Waals surface area contributed by atoms with Crippen molar-refractivity contribution in [2.45, 2.75) is 51.6 Å². The first-order valence-electron chi connectivity index (χ1n) is 6.45. The molecule has 1 aromatic rings. The molecule has 0 saturated heterocycles. The molecule has 1 aromatic carbocycles. The highest BCUT2D eigenvalue weighted by Gasteiger charge is 2.35. The van der Waals surface area contributed by atoms with Crippen molar-refractivity contribution in [3.63, 3.8) is 0 Å². The maximum atomic E-state index is 10.8. The summed E-state index contributed by atoms with van der Waals surface area (Å²) in [5, 5.41) is 10.8. The van der Waals surface area contributed by atoms with Gasteiger partial charge in [0.05, 0.1) is 12.7 Å². The smallest absolute Gasteiger partial charge is 0.125 e. The van der Waals surface area contributed by atoms with Gasteiger partial charge in [-0.15, -0.1) is 0 Å². The van der Waals surface area contributed by atoms with E-state index >= 15 is 0 Å². The average Bonchev–Trinajstić information content (AvgIpc) is 2.28. The van der Waals surface area contributed by atoms with Crippen LogP contribution in [0.25, 0.3) is 0 Å². The van der Waals surface area contributed by atoms with Gasteiger partial charge in [-0.05, 0) is 43.9 Å². The molecule has 0 atom stereocenters. The second kappa shape index (κ2) is 4.69. The van der Waals surface area contributed by atoms with Crippen LogP contribution in [0.5, 0.6) is 5.75 Å². The lowest BCUT2D eigenvalue weighted by Gasteiger charge is -2.35. The zero-order valence-electron chi connectivity index (χ0n) is 11.0. The van der Waals surface area contributed by atoms with Gasteiger partial charge in [0.15, 0.2) is 0 Å². The summed E-state index contributed by atoms with van der Waals surface area (Å²) in [5.74, 6) is 0.840. The molecule has 0 amide bonds. The van der Waals surface area contributed by atoms with Crippen molar-refractivity contribution in [2.75, 3.05) is 7.11 Å². The number of hydrogen-bond acceptors (Lipinski definition) is 2. The molecule has 0 aliphatic heterocycles. The number of aliphatic hydroxyl groups is 1. The van der Waals surface area contributed by atoms with Crippen molar-refractivity contribution in [1.82, 2.24) is 0 Å². The fraction of sp³-hybridized carbons (Fsp3) is 0.600. The summed E-state index contributed by atoms with van der Waals surface area (Å²) < 4.78 is 5.47. The third-order valence-electron chi connectivity index (χ3n) is 3.81. The Bertz CT molecular complexity index is 404. The molecule has 1 aliphatic rings. The molecular weight excluding hydrogens is 212 g/mol. The quantitative estimate of drug-likeness (QED) is 0.849. The van der Waals surface area contributed by atoms with Gasteiger partial charge in [0.2, 0.25) is 0 Å². The Morgan fingerprint density at radius 2 is 1.76 bits per heavy atom. The maximum absolute atomic E-state index is 10.8. The van der Waals surface area contributed by atoms with Crippen molar-refractivity contribution < 1.29 is 9.84 Å². The average molecular weight is 234 g/mol. The van der Waals surface area contributed by atoms with E-state index in [0.717, 1.165) is 42.6 Å². The lowest BCUT2D eigenvalue weighted by molar-refractivity contribution is -0.00314. The lowest BCUT2D eigenvalue weighted by atomic mass is 9.77. The Hall–Kier alpha value is -1.02. The van der Waals surface area contributed by atoms with Crippen LogP contribution in [0.15, 0.2) is 12.1 Å². The van der Waals surface area contributed by atoms with Gasteiger partial charge in [0, 0.05) is 5.56 Å². The van der Waals surface area contributed by atoms with Gasteiger partial charge in [-0.1, -0.05) is 25.3 Å². The summed E-state index contributed by atoms with van der Waals surface area (Å²) in [4.78, 5) is 0. The molecule has 1 N–H and O–H groups in total. The molecule has 0 bridgehead atoms. The molecule has 2 heteroatoms. The van der Waals surface area contributed by atoms with E-state index in [2.05, 4.69) is 19.9 Å². The van der Waals surface area contributed by atoms with E-state index in [1.54, 1.807) is 7.11 Å². The molecule has 1 fully saturated rings. The summed E-state index contributed by atoms with van der Waals surface area (Å²) in [6.07, 6.45) is 5.15. The molecule has 1 saturated carbocycles. The Kier molecular flexibility index (Phi) is 3.43. The van der Waals surface area contributed by atoms with E-state index in [-0.39, 0.29) is 0 Å². The van der Waals surface area contributed by atoms with Gasteiger partial charge >= 0.3 is 0 Å². The summed E-state index contributed by atoms with van der Waals surface area (Å²) >= 11 is 0. The van der Waals surface area contributed by atoms with Crippen molar-refractivity contribution in [3.8, 4) is 5.75 Å². The Balaban J connectivity index is 2.49. The van der Waals surface area contributed by atoms with Crippen LogP contribution in [-0.2, 0) is 5.60 Å². The third-order valence-corrected chi connectivity index (χ3v) is 3.81. The zero-order chi connectivity index (χ0) is 12.5. The Morgan fingerprint density at radius 3 is 2.35 bits per heavy atom. The molecular formula is C15H22O2. The van der Waals surface area contributed by atoms with Gasteiger partial charge in [0.25, 0.3) is 0 Å². The molecule has 0 spiro atoms. The zero-order valence-corrected chi connectivity index (χ0v) is 11.0. The fourth-order valence-corrected chi connectivity index (χ4v) is 3.07. The van der Waals surface area contributed by atoms with Gasteiger partial charge < -0.3 is 9.84 Å². The first-order chi connectivity index (χ1) is 8.07. The maximum Gasteiger partial charge on any atom is 0.125 e. The van der Waals surface area contributed by atoms with Crippen LogP contribution < -0.4 is 4.74 Å².